The standard InChI is InChI=1S/C16H23NS/c1-2-9-16-13(5-1)6-3-7-14(16)11-17-15-8-4-10-18-12-15/h1-2,5,9,14-15,17H,3-4,6-8,10-12H2. The van der Waals surface area contributed by atoms with Gasteiger partial charge in [0.1, 0.15) is 0 Å². The maximum Gasteiger partial charge on any atom is 0.0158 e. The Morgan fingerprint density at radius 3 is 3.00 bits per heavy atom. The molecule has 0 spiro atoms. The van der Waals surface area contributed by atoms with E-state index in [1.54, 1.807) is 11.1 Å². The van der Waals surface area contributed by atoms with Gasteiger partial charge in [-0.05, 0) is 54.9 Å². The van der Waals surface area contributed by atoms with Gasteiger partial charge in [0.2, 0.25) is 0 Å². The Balaban J connectivity index is 1.60. The maximum atomic E-state index is 3.81. The van der Waals surface area contributed by atoms with E-state index in [1.807, 2.05) is 0 Å². The number of hydrogen-bond donors (Lipinski definition) is 1. The van der Waals surface area contributed by atoms with Crippen LogP contribution in [0.25, 0.3) is 0 Å². The lowest BCUT2D eigenvalue weighted by molar-refractivity contribution is 0.448. The van der Waals surface area contributed by atoms with Crippen LogP contribution >= 0.6 is 11.8 Å². The Morgan fingerprint density at radius 2 is 2.11 bits per heavy atom. The molecule has 1 saturated heterocycles. The van der Waals surface area contributed by atoms with Crippen LogP contribution in [-0.2, 0) is 6.42 Å². The summed E-state index contributed by atoms with van der Waals surface area (Å²) >= 11 is 2.11. The SMILES string of the molecule is c1ccc2c(c1)CCCC2CNC1CCCSC1. The van der Waals surface area contributed by atoms with Gasteiger partial charge >= 0.3 is 0 Å². The number of benzene rings is 1. The van der Waals surface area contributed by atoms with Crippen LogP contribution in [0.15, 0.2) is 24.3 Å². The van der Waals surface area contributed by atoms with Crippen LogP contribution in [0.4, 0.5) is 0 Å². The Labute approximate surface area is 115 Å². The number of fused-ring (bicyclic) bond motifs is 1. The molecule has 0 saturated carbocycles. The second-order valence-electron chi connectivity index (χ2n) is 5.61. The second kappa shape index (κ2) is 6.12. The smallest absolute Gasteiger partial charge is 0.0158 e. The minimum Gasteiger partial charge on any atom is -0.313 e. The zero-order chi connectivity index (χ0) is 12.2. The van der Waals surface area contributed by atoms with Gasteiger partial charge in [-0.2, -0.15) is 11.8 Å². The van der Waals surface area contributed by atoms with E-state index in [-0.39, 0.29) is 0 Å². The van der Waals surface area contributed by atoms with Crippen molar-refractivity contribution >= 4 is 11.8 Å². The second-order valence-corrected chi connectivity index (χ2v) is 6.76. The van der Waals surface area contributed by atoms with Crippen molar-refractivity contribution in [3.8, 4) is 0 Å². The van der Waals surface area contributed by atoms with Gasteiger partial charge in [0.05, 0.1) is 0 Å². The number of rotatable bonds is 3. The van der Waals surface area contributed by atoms with Crippen LogP contribution in [-0.4, -0.2) is 24.1 Å². The zero-order valence-corrected chi connectivity index (χ0v) is 11.8. The molecular weight excluding hydrogens is 238 g/mol. The van der Waals surface area contributed by atoms with Gasteiger partial charge in [-0.15, -0.1) is 0 Å². The molecule has 3 rings (SSSR count). The average molecular weight is 261 g/mol. The van der Waals surface area contributed by atoms with E-state index < -0.39 is 0 Å². The first-order valence-corrected chi connectivity index (χ1v) is 8.48. The summed E-state index contributed by atoms with van der Waals surface area (Å²) in [6.07, 6.45) is 6.78. The van der Waals surface area contributed by atoms with Crippen LogP contribution in [0.2, 0.25) is 0 Å². The summed E-state index contributed by atoms with van der Waals surface area (Å²) in [5.74, 6) is 3.43. The highest BCUT2D eigenvalue weighted by Crippen LogP contribution is 2.31. The van der Waals surface area contributed by atoms with Crippen molar-refractivity contribution in [2.75, 3.05) is 18.1 Å². The summed E-state index contributed by atoms with van der Waals surface area (Å²) in [6, 6.07) is 9.81. The molecule has 18 heavy (non-hydrogen) atoms. The fourth-order valence-electron chi connectivity index (χ4n) is 3.28. The third-order valence-corrected chi connectivity index (χ3v) is 5.52. The van der Waals surface area contributed by atoms with Gasteiger partial charge in [-0.1, -0.05) is 24.3 Å². The summed E-state index contributed by atoms with van der Waals surface area (Å²) in [7, 11) is 0. The molecule has 1 aromatic carbocycles. The van der Waals surface area contributed by atoms with Crippen LogP contribution in [0, 0.1) is 0 Å². The number of thioether (sulfide) groups is 1. The molecule has 1 fully saturated rings. The molecule has 0 aromatic heterocycles. The largest absolute Gasteiger partial charge is 0.313 e. The first kappa shape index (κ1) is 12.6. The Hall–Kier alpha value is -0.470. The summed E-state index contributed by atoms with van der Waals surface area (Å²) in [5, 5.41) is 3.81. The first-order chi connectivity index (χ1) is 8.93. The minimum absolute atomic E-state index is 0.752. The van der Waals surface area contributed by atoms with Gasteiger partial charge < -0.3 is 5.32 Å². The number of aryl methyl sites for hydroxylation is 1. The van der Waals surface area contributed by atoms with E-state index in [0.717, 1.165) is 12.0 Å². The zero-order valence-electron chi connectivity index (χ0n) is 11.0. The van der Waals surface area contributed by atoms with Crippen molar-refractivity contribution in [3.05, 3.63) is 35.4 Å². The molecule has 1 aliphatic heterocycles. The van der Waals surface area contributed by atoms with Gasteiger partial charge in [-0.3, -0.25) is 0 Å². The van der Waals surface area contributed by atoms with Gasteiger partial charge in [-0.25, -0.2) is 0 Å². The van der Waals surface area contributed by atoms with Crippen molar-refractivity contribution in [2.45, 2.75) is 44.1 Å². The number of nitrogens with one attached hydrogen (secondary N) is 1. The molecule has 2 aliphatic rings. The topological polar surface area (TPSA) is 12.0 Å². The van der Waals surface area contributed by atoms with Crippen molar-refractivity contribution in [2.24, 2.45) is 0 Å². The van der Waals surface area contributed by atoms with E-state index in [2.05, 4.69) is 41.3 Å². The van der Waals surface area contributed by atoms with E-state index >= 15 is 0 Å². The lowest BCUT2D eigenvalue weighted by atomic mass is 9.83. The summed E-state index contributed by atoms with van der Waals surface area (Å²) < 4.78 is 0. The van der Waals surface area contributed by atoms with Gasteiger partial charge in [0.15, 0.2) is 0 Å². The highest BCUT2D eigenvalue weighted by molar-refractivity contribution is 7.99. The fraction of sp³-hybridized carbons (Fsp3) is 0.625. The molecule has 1 aromatic rings. The van der Waals surface area contributed by atoms with Crippen molar-refractivity contribution in [1.82, 2.24) is 5.32 Å². The van der Waals surface area contributed by atoms with Crippen LogP contribution in [0.3, 0.4) is 0 Å². The fourth-order valence-corrected chi connectivity index (χ4v) is 4.38. The average Bonchev–Trinajstić information content (AvgIpc) is 2.46. The lowest BCUT2D eigenvalue weighted by Crippen LogP contribution is -2.37. The molecule has 0 amide bonds. The molecule has 1 N–H and O–H groups in total. The highest BCUT2D eigenvalue weighted by atomic mass is 32.2. The maximum absolute atomic E-state index is 3.81. The minimum atomic E-state index is 0.752. The summed E-state index contributed by atoms with van der Waals surface area (Å²) in [4.78, 5) is 0. The number of hydrogen-bond acceptors (Lipinski definition) is 2. The monoisotopic (exact) mass is 261 g/mol. The molecule has 0 bridgehead atoms. The van der Waals surface area contributed by atoms with Crippen LogP contribution in [0.1, 0.15) is 42.7 Å². The normalized spacial score (nSPS) is 27.8. The molecule has 2 heteroatoms. The predicted molar refractivity (Wildman–Crippen MR) is 80.5 cm³/mol. The van der Waals surface area contributed by atoms with Crippen LogP contribution in [0.5, 0.6) is 0 Å². The van der Waals surface area contributed by atoms with E-state index in [4.69, 9.17) is 0 Å². The van der Waals surface area contributed by atoms with E-state index in [0.29, 0.717) is 0 Å². The molecule has 1 aliphatic carbocycles. The third kappa shape index (κ3) is 2.92. The molecule has 98 valence electrons. The quantitative estimate of drug-likeness (QED) is 0.892. The van der Waals surface area contributed by atoms with E-state index in [9.17, 15) is 0 Å². The molecule has 1 nitrogen and oxygen atoms in total. The van der Waals surface area contributed by atoms with Crippen LogP contribution < -0.4 is 5.32 Å². The lowest BCUT2D eigenvalue weighted by Gasteiger charge is -2.29. The predicted octanol–water partition coefficient (Wildman–Crippen LogP) is 3.59. The molecular formula is C16H23NS. The van der Waals surface area contributed by atoms with Crippen molar-refractivity contribution in [3.63, 3.8) is 0 Å². The van der Waals surface area contributed by atoms with E-state index in [1.165, 1.54) is 50.2 Å². The molecule has 2 unspecified atom stereocenters. The Morgan fingerprint density at radius 1 is 1.17 bits per heavy atom. The van der Waals surface area contributed by atoms with Crippen molar-refractivity contribution in [1.29, 1.82) is 0 Å². The molecule has 1 heterocycles. The third-order valence-electron chi connectivity index (χ3n) is 4.31. The van der Waals surface area contributed by atoms with Gasteiger partial charge in [0, 0.05) is 18.3 Å². The van der Waals surface area contributed by atoms with Gasteiger partial charge in [0.25, 0.3) is 0 Å². The highest BCUT2D eigenvalue weighted by Gasteiger charge is 2.21. The van der Waals surface area contributed by atoms with Crippen molar-refractivity contribution < 1.29 is 0 Å². The Bertz CT molecular complexity index is 384. The Kier molecular flexibility index (Phi) is 4.27. The summed E-state index contributed by atoms with van der Waals surface area (Å²) in [6.45, 7) is 1.18. The molecule has 2 atom stereocenters. The molecule has 0 radical (unpaired) electrons. The first-order valence-electron chi connectivity index (χ1n) is 7.32. The summed E-state index contributed by atoms with van der Waals surface area (Å²) in [5.41, 5.74) is 3.20.